The number of benzene rings is 3. The molecular weight excluding hydrogens is 424 g/mol. The number of hydrogen-bond acceptors (Lipinski definition) is 5. The van der Waals surface area contributed by atoms with Crippen molar-refractivity contribution in [1.29, 1.82) is 0 Å². The third-order valence-electron chi connectivity index (χ3n) is 3.74. The van der Waals surface area contributed by atoms with E-state index in [0.29, 0.717) is 17.9 Å². The topological polar surface area (TPSA) is 91.2 Å². The molecule has 0 saturated heterocycles. The molecule has 3 aromatic carbocycles. The Balaban J connectivity index is 1.70. The maximum absolute atomic E-state index is 12.1. The Labute approximate surface area is 170 Å². The third-order valence-corrected chi connectivity index (χ3v) is 4.24. The lowest BCUT2D eigenvalue weighted by molar-refractivity contribution is 0.0954. The van der Waals surface area contributed by atoms with Crippen molar-refractivity contribution < 1.29 is 19.7 Å². The number of nitrogens with zero attached hydrogens (tertiary/aromatic N) is 1. The van der Waals surface area contributed by atoms with Gasteiger partial charge in [0.15, 0.2) is 0 Å². The molecule has 0 heterocycles. The van der Waals surface area contributed by atoms with E-state index in [0.717, 1.165) is 16.1 Å². The maximum Gasteiger partial charge on any atom is 0.271 e. The SMILES string of the molecule is O=C(N/N=C\c1cc(Br)ccc1OCc1ccccc1)c1cc(O)cc(O)c1. The second kappa shape index (κ2) is 9.05. The monoisotopic (exact) mass is 440 g/mol. The van der Waals surface area contributed by atoms with Crippen molar-refractivity contribution in [3.8, 4) is 17.2 Å². The molecule has 1 amide bonds. The summed E-state index contributed by atoms with van der Waals surface area (Å²) in [5.41, 5.74) is 4.15. The van der Waals surface area contributed by atoms with Gasteiger partial charge in [0.1, 0.15) is 23.9 Å². The van der Waals surface area contributed by atoms with E-state index < -0.39 is 5.91 Å². The van der Waals surface area contributed by atoms with E-state index in [1.807, 2.05) is 48.5 Å². The van der Waals surface area contributed by atoms with Gasteiger partial charge in [0, 0.05) is 21.7 Å². The Morgan fingerprint density at radius 1 is 1.04 bits per heavy atom. The molecule has 0 atom stereocenters. The molecule has 6 nitrogen and oxygen atoms in total. The summed E-state index contributed by atoms with van der Waals surface area (Å²) in [5.74, 6) is -0.375. The Morgan fingerprint density at radius 3 is 2.46 bits per heavy atom. The quantitative estimate of drug-likeness (QED) is 0.395. The number of amides is 1. The number of ether oxygens (including phenoxy) is 1. The highest BCUT2D eigenvalue weighted by molar-refractivity contribution is 9.10. The molecule has 142 valence electrons. The molecule has 0 aliphatic rings. The van der Waals surface area contributed by atoms with Gasteiger partial charge >= 0.3 is 0 Å². The highest BCUT2D eigenvalue weighted by atomic mass is 79.9. The van der Waals surface area contributed by atoms with Crippen molar-refractivity contribution in [2.45, 2.75) is 6.61 Å². The minimum atomic E-state index is -0.566. The van der Waals surface area contributed by atoms with Crippen LogP contribution in [0.4, 0.5) is 0 Å². The lowest BCUT2D eigenvalue weighted by Crippen LogP contribution is -2.17. The van der Waals surface area contributed by atoms with Crippen LogP contribution in [0.1, 0.15) is 21.5 Å². The van der Waals surface area contributed by atoms with Gasteiger partial charge in [0.25, 0.3) is 5.91 Å². The highest BCUT2D eigenvalue weighted by Crippen LogP contribution is 2.23. The second-order valence-electron chi connectivity index (χ2n) is 5.89. The van der Waals surface area contributed by atoms with Crippen LogP contribution in [-0.2, 0) is 6.61 Å². The molecule has 3 N–H and O–H groups in total. The smallest absolute Gasteiger partial charge is 0.271 e. The van der Waals surface area contributed by atoms with E-state index in [-0.39, 0.29) is 17.1 Å². The average Bonchev–Trinajstić information content (AvgIpc) is 2.67. The molecule has 0 bridgehead atoms. The fraction of sp³-hybridized carbons (Fsp3) is 0.0476. The van der Waals surface area contributed by atoms with Gasteiger partial charge in [0.2, 0.25) is 0 Å². The fourth-order valence-corrected chi connectivity index (χ4v) is 2.82. The van der Waals surface area contributed by atoms with E-state index in [9.17, 15) is 15.0 Å². The van der Waals surface area contributed by atoms with E-state index in [1.54, 1.807) is 0 Å². The van der Waals surface area contributed by atoms with Gasteiger partial charge in [-0.2, -0.15) is 5.10 Å². The zero-order valence-electron chi connectivity index (χ0n) is 14.7. The molecule has 0 aliphatic heterocycles. The number of rotatable bonds is 6. The standard InChI is InChI=1S/C21H17BrN2O4/c22-17-6-7-20(28-13-14-4-2-1-3-5-14)16(8-17)12-23-24-21(27)15-9-18(25)11-19(26)10-15/h1-12,25-26H,13H2,(H,24,27)/b23-12-. The molecule has 0 saturated carbocycles. The summed E-state index contributed by atoms with van der Waals surface area (Å²) in [4.78, 5) is 12.1. The summed E-state index contributed by atoms with van der Waals surface area (Å²) < 4.78 is 6.70. The van der Waals surface area contributed by atoms with Gasteiger partial charge < -0.3 is 14.9 Å². The number of carbonyl (C=O) groups excluding carboxylic acids is 1. The molecule has 7 heteroatoms. The van der Waals surface area contributed by atoms with Crippen molar-refractivity contribution in [2.75, 3.05) is 0 Å². The van der Waals surface area contributed by atoms with Crippen molar-refractivity contribution >= 4 is 28.1 Å². The van der Waals surface area contributed by atoms with Crippen LogP contribution >= 0.6 is 15.9 Å². The van der Waals surface area contributed by atoms with E-state index >= 15 is 0 Å². The third kappa shape index (κ3) is 5.34. The van der Waals surface area contributed by atoms with E-state index in [2.05, 4.69) is 26.5 Å². The Morgan fingerprint density at radius 2 is 1.75 bits per heavy atom. The van der Waals surface area contributed by atoms with Gasteiger partial charge in [-0.15, -0.1) is 0 Å². The van der Waals surface area contributed by atoms with E-state index in [4.69, 9.17) is 4.74 Å². The number of phenols is 2. The highest BCUT2D eigenvalue weighted by Gasteiger charge is 2.08. The number of nitrogens with one attached hydrogen (secondary N) is 1. The van der Waals surface area contributed by atoms with Crippen LogP contribution in [0.15, 0.2) is 76.3 Å². The van der Waals surface area contributed by atoms with Crippen LogP contribution in [0.5, 0.6) is 17.2 Å². The van der Waals surface area contributed by atoms with Crippen molar-refractivity contribution in [3.63, 3.8) is 0 Å². The predicted molar refractivity (Wildman–Crippen MR) is 110 cm³/mol. The largest absolute Gasteiger partial charge is 0.508 e. The molecule has 0 fully saturated rings. The van der Waals surface area contributed by atoms with Gasteiger partial charge in [-0.05, 0) is 35.9 Å². The van der Waals surface area contributed by atoms with Crippen LogP contribution in [0.25, 0.3) is 0 Å². The molecule has 0 unspecified atom stereocenters. The minimum Gasteiger partial charge on any atom is -0.508 e. The Bertz CT molecular complexity index is 986. The molecule has 0 radical (unpaired) electrons. The minimum absolute atomic E-state index is 0.0874. The average molecular weight is 441 g/mol. The second-order valence-corrected chi connectivity index (χ2v) is 6.81. The van der Waals surface area contributed by atoms with Crippen molar-refractivity contribution in [1.82, 2.24) is 5.43 Å². The molecule has 3 aromatic rings. The van der Waals surface area contributed by atoms with Crippen LogP contribution in [0.3, 0.4) is 0 Å². The molecule has 0 aliphatic carbocycles. The predicted octanol–water partition coefficient (Wildman–Crippen LogP) is 4.20. The number of hydrazone groups is 1. The van der Waals surface area contributed by atoms with Crippen molar-refractivity contribution in [3.05, 3.63) is 87.9 Å². The van der Waals surface area contributed by atoms with Crippen LogP contribution in [0.2, 0.25) is 0 Å². The first-order chi connectivity index (χ1) is 13.5. The first-order valence-electron chi connectivity index (χ1n) is 8.34. The number of aromatic hydroxyl groups is 2. The summed E-state index contributed by atoms with van der Waals surface area (Å²) >= 11 is 3.41. The zero-order chi connectivity index (χ0) is 19.9. The Kier molecular flexibility index (Phi) is 6.29. The lowest BCUT2D eigenvalue weighted by atomic mass is 10.2. The summed E-state index contributed by atoms with van der Waals surface area (Å²) in [7, 11) is 0. The number of carbonyl (C=O) groups is 1. The Hall–Kier alpha value is -3.32. The zero-order valence-corrected chi connectivity index (χ0v) is 16.3. The summed E-state index contributed by atoms with van der Waals surface area (Å²) in [5, 5.41) is 22.9. The van der Waals surface area contributed by atoms with Crippen LogP contribution in [-0.4, -0.2) is 22.3 Å². The summed E-state index contributed by atoms with van der Waals surface area (Å²) in [6.45, 7) is 0.401. The van der Waals surface area contributed by atoms with Gasteiger partial charge in [-0.1, -0.05) is 46.3 Å². The van der Waals surface area contributed by atoms with Gasteiger partial charge in [0.05, 0.1) is 6.21 Å². The molecule has 0 spiro atoms. The van der Waals surface area contributed by atoms with Gasteiger partial charge in [-0.25, -0.2) is 5.43 Å². The number of phenolic OH excluding ortho intramolecular Hbond substituents is 2. The number of halogens is 1. The molecule has 28 heavy (non-hydrogen) atoms. The number of hydrogen-bond donors (Lipinski definition) is 3. The lowest BCUT2D eigenvalue weighted by Gasteiger charge is -2.09. The van der Waals surface area contributed by atoms with E-state index in [1.165, 1.54) is 18.3 Å². The first kappa shape index (κ1) is 19.4. The fourth-order valence-electron chi connectivity index (χ4n) is 2.44. The molecular formula is C21H17BrN2O4. The van der Waals surface area contributed by atoms with Gasteiger partial charge in [-0.3, -0.25) is 4.79 Å². The van der Waals surface area contributed by atoms with Crippen molar-refractivity contribution in [2.24, 2.45) is 5.10 Å². The maximum atomic E-state index is 12.1. The van der Waals surface area contributed by atoms with Crippen LogP contribution < -0.4 is 10.2 Å². The first-order valence-corrected chi connectivity index (χ1v) is 9.13. The summed E-state index contributed by atoms with van der Waals surface area (Å²) in [6.07, 6.45) is 1.46. The molecule has 0 aromatic heterocycles. The summed E-state index contributed by atoms with van der Waals surface area (Å²) in [6, 6.07) is 18.8. The molecule has 3 rings (SSSR count). The van der Waals surface area contributed by atoms with Crippen LogP contribution in [0, 0.1) is 0 Å². The normalized spacial score (nSPS) is 10.8.